The highest BCUT2D eigenvalue weighted by Crippen LogP contribution is 2.38. The van der Waals surface area contributed by atoms with E-state index in [9.17, 15) is 5.11 Å². The zero-order valence-corrected chi connectivity index (χ0v) is 12.3. The molecule has 3 nitrogen and oxygen atoms in total. The summed E-state index contributed by atoms with van der Waals surface area (Å²) in [6.45, 7) is 2.20. The quantitative estimate of drug-likeness (QED) is 0.920. The molecule has 0 spiro atoms. The van der Waals surface area contributed by atoms with Crippen LogP contribution in [0.15, 0.2) is 36.5 Å². The Kier molecular flexibility index (Phi) is 3.20. The fraction of sp³-hybridized carbons (Fsp3) is 0.500. The van der Waals surface area contributed by atoms with E-state index in [0.717, 1.165) is 37.9 Å². The number of rotatable bonds is 2. The molecule has 2 fully saturated rings. The van der Waals surface area contributed by atoms with Crippen LogP contribution in [0.3, 0.4) is 0 Å². The lowest BCUT2D eigenvalue weighted by Gasteiger charge is -2.37. The number of fused-ring (bicyclic) bond motifs is 2. The molecule has 0 saturated carbocycles. The molecular formula is C18H22N2O. The summed E-state index contributed by atoms with van der Waals surface area (Å²) in [5.41, 5.74) is 1.69. The number of pyridine rings is 1. The summed E-state index contributed by atoms with van der Waals surface area (Å²) < 4.78 is 0. The van der Waals surface area contributed by atoms with Crippen LogP contribution in [0.4, 0.5) is 0 Å². The molecule has 1 aromatic carbocycles. The topological polar surface area (TPSA) is 36.4 Å². The molecule has 2 aromatic rings. The lowest BCUT2D eigenvalue weighted by Crippen LogP contribution is -2.48. The van der Waals surface area contributed by atoms with E-state index in [0.29, 0.717) is 6.04 Å². The zero-order chi connectivity index (χ0) is 14.3. The van der Waals surface area contributed by atoms with Crippen LogP contribution in [-0.4, -0.2) is 39.7 Å². The Labute approximate surface area is 125 Å². The highest BCUT2D eigenvalue weighted by Gasteiger charge is 2.46. The summed E-state index contributed by atoms with van der Waals surface area (Å²) in [6.07, 6.45) is 7.19. The van der Waals surface area contributed by atoms with Crippen LogP contribution in [0.5, 0.6) is 0 Å². The summed E-state index contributed by atoms with van der Waals surface area (Å²) in [4.78, 5) is 6.92. The number of hydrogen-bond donors (Lipinski definition) is 1. The predicted molar refractivity (Wildman–Crippen MR) is 84.2 cm³/mol. The largest absolute Gasteiger partial charge is 0.388 e. The average molecular weight is 282 g/mol. The molecule has 2 unspecified atom stereocenters. The second-order valence-electron chi connectivity index (χ2n) is 6.57. The first-order valence-electron chi connectivity index (χ1n) is 8.05. The molecule has 3 heterocycles. The maximum Gasteiger partial charge on any atom is 0.0854 e. The van der Waals surface area contributed by atoms with Gasteiger partial charge in [-0.25, -0.2) is 0 Å². The van der Waals surface area contributed by atoms with Gasteiger partial charge in [0.15, 0.2) is 0 Å². The first kappa shape index (κ1) is 13.2. The maximum absolute atomic E-state index is 11.2. The van der Waals surface area contributed by atoms with Crippen molar-refractivity contribution < 1.29 is 5.11 Å². The first-order valence-corrected chi connectivity index (χ1v) is 8.05. The molecular weight excluding hydrogens is 260 g/mol. The molecule has 1 aromatic heterocycles. The predicted octanol–water partition coefficient (Wildman–Crippen LogP) is 2.77. The third-order valence-corrected chi connectivity index (χ3v) is 5.30. The fourth-order valence-corrected chi connectivity index (χ4v) is 4.22. The molecule has 0 amide bonds. The number of aliphatic hydroxyl groups is 1. The van der Waals surface area contributed by atoms with Crippen LogP contribution in [-0.2, 0) is 6.42 Å². The summed E-state index contributed by atoms with van der Waals surface area (Å²) in [5.74, 6) is 0. The fourth-order valence-electron chi connectivity index (χ4n) is 4.22. The Morgan fingerprint density at radius 1 is 1.19 bits per heavy atom. The molecule has 4 rings (SSSR count). The number of benzene rings is 1. The maximum atomic E-state index is 11.2. The number of aromatic nitrogens is 1. The lowest BCUT2D eigenvalue weighted by atomic mass is 9.83. The molecule has 2 aliphatic heterocycles. The summed E-state index contributed by atoms with van der Waals surface area (Å²) in [5, 5.41) is 12.4. The minimum Gasteiger partial charge on any atom is -0.388 e. The smallest absolute Gasteiger partial charge is 0.0854 e. The van der Waals surface area contributed by atoms with E-state index in [1.807, 2.05) is 18.3 Å². The molecule has 2 saturated heterocycles. The van der Waals surface area contributed by atoms with Gasteiger partial charge in [0.25, 0.3) is 0 Å². The van der Waals surface area contributed by atoms with Crippen LogP contribution < -0.4 is 0 Å². The third kappa shape index (κ3) is 2.25. The van der Waals surface area contributed by atoms with Gasteiger partial charge in [0, 0.05) is 30.6 Å². The average Bonchev–Trinajstić information content (AvgIpc) is 2.86. The minimum absolute atomic E-state index is 0.346. The SMILES string of the molecule is OC1(Cc2ccnc3ccccc23)CCN2CCCCC21. The van der Waals surface area contributed by atoms with E-state index in [1.165, 1.54) is 23.8 Å². The lowest BCUT2D eigenvalue weighted by molar-refractivity contribution is -0.00862. The Bertz CT molecular complexity index is 651. The summed E-state index contributed by atoms with van der Waals surface area (Å²) >= 11 is 0. The van der Waals surface area contributed by atoms with Crippen molar-refractivity contribution in [3.63, 3.8) is 0 Å². The highest BCUT2D eigenvalue weighted by atomic mass is 16.3. The van der Waals surface area contributed by atoms with Crippen LogP contribution >= 0.6 is 0 Å². The molecule has 1 N–H and O–H groups in total. The first-order chi connectivity index (χ1) is 10.3. The van der Waals surface area contributed by atoms with Gasteiger partial charge in [0.1, 0.15) is 0 Å². The van der Waals surface area contributed by atoms with Gasteiger partial charge in [0.05, 0.1) is 11.1 Å². The minimum atomic E-state index is -0.565. The number of nitrogens with zero attached hydrogens (tertiary/aromatic N) is 2. The van der Waals surface area contributed by atoms with E-state index in [-0.39, 0.29) is 0 Å². The highest BCUT2D eigenvalue weighted by molar-refractivity contribution is 5.81. The van der Waals surface area contributed by atoms with Crippen molar-refractivity contribution in [3.05, 3.63) is 42.1 Å². The van der Waals surface area contributed by atoms with E-state index in [2.05, 4.69) is 28.1 Å². The van der Waals surface area contributed by atoms with Gasteiger partial charge in [0.2, 0.25) is 0 Å². The van der Waals surface area contributed by atoms with Crippen molar-refractivity contribution in [2.75, 3.05) is 13.1 Å². The van der Waals surface area contributed by atoms with E-state index < -0.39 is 5.60 Å². The summed E-state index contributed by atoms with van der Waals surface area (Å²) in [7, 11) is 0. The molecule has 3 heteroatoms. The van der Waals surface area contributed by atoms with Crippen LogP contribution in [0.25, 0.3) is 10.9 Å². The van der Waals surface area contributed by atoms with Crippen LogP contribution in [0, 0.1) is 0 Å². The number of piperidine rings is 1. The van der Waals surface area contributed by atoms with Gasteiger partial charge in [-0.15, -0.1) is 0 Å². The van der Waals surface area contributed by atoms with Gasteiger partial charge in [-0.2, -0.15) is 0 Å². The molecule has 0 aliphatic carbocycles. The van der Waals surface area contributed by atoms with Gasteiger partial charge in [-0.05, 0) is 43.5 Å². The van der Waals surface area contributed by atoms with Crippen LogP contribution in [0.2, 0.25) is 0 Å². The van der Waals surface area contributed by atoms with Gasteiger partial charge in [-0.1, -0.05) is 24.6 Å². The molecule has 2 atom stereocenters. The Morgan fingerprint density at radius 3 is 3.05 bits per heavy atom. The van der Waals surface area contributed by atoms with Crippen molar-refractivity contribution >= 4 is 10.9 Å². The normalized spacial score (nSPS) is 29.7. The van der Waals surface area contributed by atoms with Gasteiger partial charge in [-0.3, -0.25) is 9.88 Å². The summed E-state index contributed by atoms with van der Waals surface area (Å²) in [6, 6.07) is 10.7. The molecule has 0 bridgehead atoms. The molecule has 0 radical (unpaired) electrons. The zero-order valence-electron chi connectivity index (χ0n) is 12.3. The second kappa shape index (κ2) is 5.08. The molecule has 2 aliphatic rings. The van der Waals surface area contributed by atoms with Gasteiger partial charge >= 0.3 is 0 Å². The van der Waals surface area contributed by atoms with Crippen molar-refractivity contribution in [1.82, 2.24) is 9.88 Å². The third-order valence-electron chi connectivity index (χ3n) is 5.30. The van der Waals surface area contributed by atoms with Crippen molar-refractivity contribution in [1.29, 1.82) is 0 Å². The number of hydrogen-bond acceptors (Lipinski definition) is 3. The molecule has 21 heavy (non-hydrogen) atoms. The Morgan fingerprint density at radius 2 is 2.10 bits per heavy atom. The van der Waals surface area contributed by atoms with Crippen molar-refractivity contribution in [2.45, 2.75) is 43.7 Å². The van der Waals surface area contributed by atoms with Crippen molar-refractivity contribution in [3.8, 4) is 0 Å². The van der Waals surface area contributed by atoms with E-state index in [4.69, 9.17) is 0 Å². The monoisotopic (exact) mass is 282 g/mol. The Balaban J connectivity index is 1.68. The second-order valence-corrected chi connectivity index (χ2v) is 6.57. The number of para-hydroxylation sites is 1. The van der Waals surface area contributed by atoms with E-state index in [1.54, 1.807) is 0 Å². The molecule has 110 valence electrons. The van der Waals surface area contributed by atoms with Crippen LogP contribution in [0.1, 0.15) is 31.2 Å². The van der Waals surface area contributed by atoms with E-state index >= 15 is 0 Å². The van der Waals surface area contributed by atoms with Crippen molar-refractivity contribution in [2.24, 2.45) is 0 Å². The van der Waals surface area contributed by atoms with Gasteiger partial charge < -0.3 is 5.11 Å². The Hall–Kier alpha value is -1.45. The standard InChI is InChI=1S/C18H22N2O/c21-18(9-12-20-11-4-3-7-17(18)20)13-14-8-10-19-16-6-2-1-5-15(14)16/h1-2,5-6,8,10,17,21H,3-4,7,9,11-13H2.